The maximum absolute atomic E-state index is 11.7. The molecule has 0 aliphatic rings. The molecule has 0 unspecified atom stereocenters. The zero-order chi connectivity index (χ0) is 12.6. The van der Waals surface area contributed by atoms with Gasteiger partial charge < -0.3 is 4.74 Å². The van der Waals surface area contributed by atoms with Crippen molar-refractivity contribution in [3.8, 4) is 0 Å². The zero-order valence-electron chi connectivity index (χ0n) is 9.70. The van der Waals surface area contributed by atoms with Crippen molar-refractivity contribution in [1.82, 2.24) is 10.2 Å². The third-order valence-corrected chi connectivity index (χ3v) is 4.61. The van der Waals surface area contributed by atoms with Crippen LogP contribution >= 0.6 is 27.3 Å². The van der Waals surface area contributed by atoms with Gasteiger partial charge in [0, 0.05) is 5.39 Å². The van der Waals surface area contributed by atoms with Crippen LogP contribution in [0.1, 0.15) is 27.9 Å². The molecule has 0 amide bonds. The van der Waals surface area contributed by atoms with Crippen LogP contribution in [0.3, 0.4) is 0 Å². The number of hydrogen-bond acceptors (Lipinski definition) is 5. The molecule has 0 bridgehead atoms. The van der Waals surface area contributed by atoms with Gasteiger partial charge in [-0.3, -0.25) is 0 Å². The number of ether oxygens (including phenoxy) is 1. The molecule has 2 rings (SSSR count). The minimum absolute atomic E-state index is 0.320. The van der Waals surface area contributed by atoms with Gasteiger partial charge in [0.25, 0.3) is 0 Å². The van der Waals surface area contributed by atoms with Gasteiger partial charge in [-0.1, -0.05) is 0 Å². The summed E-state index contributed by atoms with van der Waals surface area (Å²) in [5, 5.41) is 9.10. The summed E-state index contributed by atoms with van der Waals surface area (Å²) in [5.41, 5.74) is 1.90. The largest absolute Gasteiger partial charge is 0.462 e. The fraction of sp³-hybridized carbons (Fsp3) is 0.364. The molecule has 0 aliphatic carbocycles. The molecular weight excluding hydrogens is 304 g/mol. The van der Waals surface area contributed by atoms with Gasteiger partial charge in [0.05, 0.1) is 16.8 Å². The van der Waals surface area contributed by atoms with Gasteiger partial charge >= 0.3 is 5.97 Å². The van der Waals surface area contributed by atoms with Crippen LogP contribution in [-0.2, 0) is 4.74 Å². The van der Waals surface area contributed by atoms with Crippen LogP contribution in [0.15, 0.2) is 4.47 Å². The van der Waals surface area contributed by atoms with Crippen LogP contribution in [0.5, 0.6) is 0 Å². The van der Waals surface area contributed by atoms with E-state index in [-0.39, 0.29) is 5.97 Å². The van der Waals surface area contributed by atoms with Crippen LogP contribution in [-0.4, -0.2) is 22.8 Å². The van der Waals surface area contributed by atoms with Gasteiger partial charge in [-0.05, 0) is 42.3 Å². The predicted octanol–water partition coefficient (Wildman–Crippen LogP) is 3.25. The maximum atomic E-state index is 11.7. The smallest absolute Gasteiger partial charge is 0.349 e. The molecule has 2 aromatic rings. The van der Waals surface area contributed by atoms with E-state index < -0.39 is 0 Å². The molecule has 0 fully saturated rings. The zero-order valence-corrected chi connectivity index (χ0v) is 12.1. The SMILES string of the molecule is CCOC(=O)c1sc2nnc(C)c(C)c2c1Br. The fourth-order valence-electron chi connectivity index (χ4n) is 1.50. The molecule has 0 N–H and O–H groups in total. The molecule has 6 heteroatoms. The number of carbonyl (C=O) groups excluding carboxylic acids is 1. The van der Waals surface area contributed by atoms with E-state index in [4.69, 9.17) is 4.74 Å². The molecule has 2 heterocycles. The minimum atomic E-state index is -0.320. The van der Waals surface area contributed by atoms with E-state index in [1.54, 1.807) is 6.92 Å². The Kier molecular flexibility index (Phi) is 3.44. The molecule has 17 heavy (non-hydrogen) atoms. The summed E-state index contributed by atoms with van der Waals surface area (Å²) in [6.45, 7) is 6.02. The number of esters is 1. The van der Waals surface area contributed by atoms with Crippen molar-refractivity contribution in [2.24, 2.45) is 0 Å². The highest BCUT2D eigenvalue weighted by Crippen LogP contribution is 2.36. The number of nitrogens with zero attached hydrogens (tertiary/aromatic N) is 2. The first-order valence-electron chi connectivity index (χ1n) is 5.15. The van der Waals surface area contributed by atoms with Crippen LogP contribution < -0.4 is 0 Å². The van der Waals surface area contributed by atoms with E-state index >= 15 is 0 Å². The van der Waals surface area contributed by atoms with Crippen molar-refractivity contribution in [3.63, 3.8) is 0 Å². The van der Waals surface area contributed by atoms with Crippen molar-refractivity contribution in [2.75, 3.05) is 6.61 Å². The average Bonchev–Trinajstić information content (AvgIpc) is 2.62. The minimum Gasteiger partial charge on any atom is -0.462 e. The fourth-order valence-corrected chi connectivity index (χ4v) is 3.49. The van der Waals surface area contributed by atoms with Crippen LogP contribution in [0.4, 0.5) is 0 Å². The highest BCUT2D eigenvalue weighted by atomic mass is 79.9. The van der Waals surface area contributed by atoms with Gasteiger partial charge in [0.15, 0.2) is 0 Å². The van der Waals surface area contributed by atoms with Gasteiger partial charge in [-0.15, -0.1) is 16.4 Å². The second-order valence-electron chi connectivity index (χ2n) is 3.56. The molecule has 90 valence electrons. The highest BCUT2D eigenvalue weighted by molar-refractivity contribution is 9.10. The van der Waals surface area contributed by atoms with Crippen LogP contribution in [0.25, 0.3) is 10.2 Å². The molecule has 0 aromatic carbocycles. The number of hydrogen-bond donors (Lipinski definition) is 0. The van der Waals surface area contributed by atoms with E-state index in [0.717, 1.165) is 25.9 Å². The summed E-state index contributed by atoms with van der Waals surface area (Å²) in [4.78, 5) is 13.0. The number of carbonyl (C=O) groups is 1. The van der Waals surface area contributed by atoms with Crippen molar-refractivity contribution in [1.29, 1.82) is 0 Å². The molecule has 2 aromatic heterocycles. The van der Waals surface area contributed by atoms with Crippen LogP contribution in [0.2, 0.25) is 0 Å². The van der Waals surface area contributed by atoms with E-state index in [1.807, 2.05) is 13.8 Å². The Bertz CT molecular complexity index is 595. The second kappa shape index (κ2) is 4.70. The summed E-state index contributed by atoms with van der Waals surface area (Å²) < 4.78 is 5.76. The summed E-state index contributed by atoms with van der Waals surface area (Å²) in [6.07, 6.45) is 0. The average molecular weight is 315 g/mol. The Morgan fingerprint density at radius 1 is 1.41 bits per heavy atom. The summed E-state index contributed by atoms with van der Waals surface area (Å²) in [7, 11) is 0. The lowest BCUT2D eigenvalue weighted by Crippen LogP contribution is -2.02. The van der Waals surface area contributed by atoms with E-state index in [2.05, 4.69) is 26.1 Å². The third-order valence-electron chi connectivity index (χ3n) is 2.50. The molecule has 0 atom stereocenters. The number of fused-ring (bicyclic) bond motifs is 1. The van der Waals surface area contributed by atoms with Gasteiger partial charge in [-0.25, -0.2) is 4.79 Å². The van der Waals surface area contributed by atoms with Crippen molar-refractivity contribution in [3.05, 3.63) is 20.6 Å². The Morgan fingerprint density at radius 3 is 2.76 bits per heavy atom. The molecule has 0 saturated heterocycles. The quantitative estimate of drug-likeness (QED) is 0.798. The van der Waals surface area contributed by atoms with E-state index in [1.165, 1.54) is 11.3 Å². The first-order valence-corrected chi connectivity index (χ1v) is 6.76. The van der Waals surface area contributed by atoms with Crippen molar-refractivity contribution < 1.29 is 9.53 Å². The normalized spacial score (nSPS) is 10.8. The summed E-state index contributed by atoms with van der Waals surface area (Å²) in [6, 6.07) is 0. The Hall–Kier alpha value is -1.01. The number of thiophene rings is 1. The van der Waals surface area contributed by atoms with Gasteiger partial charge in [-0.2, -0.15) is 5.10 Å². The molecule has 0 spiro atoms. The highest BCUT2D eigenvalue weighted by Gasteiger charge is 2.20. The third kappa shape index (κ3) is 2.07. The monoisotopic (exact) mass is 314 g/mol. The Labute approximate surface area is 111 Å². The standard InChI is InChI=1S/C11H11BrN2O2S/c1-4-16-11(15)9-8(12)7-5(2)6(3)13-14-10(7)17-9/h4H2,1-3H3. The Morgan fingerprint density at radius 2 is 2.12 bits per heavy atom. The predicted molar refractivity (Wildman–Crippen MR) is 70.5 cm³/mol. The number of aryl methyl sites for hydroxylation is 2. The lowest BCUT2D eigenvalue weighted by Gasteiger charge is -2.00. The van der Waals surface area contributed by atoms with Crippen molar-refractivity contribution >= 4 is 43.5 Å². The Balaban J connectivity index is 2.65. The lowest BCUT2D eigenvalue weighted by atomic mass is 10.2. The number of aromatic nitrogens is 2. The molecule has 0 saturated carbocycles. The van der Waals surface area contributed by atoms with Gasteiger partial charge in [0.1, 0.15) is 9.71 Å². The lowest BCUT2D eigenvalue weighted by molar-refractivity contribution is 0.0531. The van der Waals surface area contributed by atoms with Crippen LogP contribution in [0, 0.1) is 13.8 Å². The van der Waals surface area contributed by atoms with Gasteiger partial charge in [0.2, 0.25) is 0 Å². The topological polar surface area (TPSA) is 52.1 Å². The first kappa shape index (κ1) is 12.4. The summed E-state index contributed by atoms with van der Waals surface area (Å²) in [5.74, 6) is -0.320. The van der Waals surface area contributed by atoms with E-state index in [9.17, 15) is 4.79 Å². The number of rotatable bonds is 2. The van der Waals surface area contributed by atoms with E-state index in [0.29, 0.717) is 11.5 Å². The second-order valence-corrected chi connectivity index (χ2v) is 5.35. The molecule has 0 radical (unpaired) electrons. The molecule has 0 aliphatic heterocycles. The molecular formula is C11H11BrN2O2S. The maximum Gasteiger partial charge on any atom is 0.349 e. The number of halogens is 1. The molecule has 4 nitrogen and oxygen atoms in total. The summed E-state index contributed by atoms with van der Waals surface area (Å²) >= 11 is 4.75. The van der Waals surface area contributed by atoms with Crippen molar-refractivity contribution in [2.45, 2.75) is 20.8 Å². The first-order chi connectivity index (χ1) is 8.06.